The van der Waals surface area contributed by atoms with Crippen molar-refractivity contribution in [3.05, 3.63) is 29.0 Å². The molecule has 0 saturated carbocycles. The highest BCUT2D eigenvalue weighted by atomic mass is 35.5. The first-order valence-corrected chi connectivity index (χ1v) is 3.69. The third-order valence-corrected chi connectivity index (χ3v) is 1.61. The number of rotatable bonds is 2. The van der Waals surface area contributed by atoms with Crippen molar-refractivity contribution in [2.45, 2.75) is 6.04 Å². The molecule has 1 heterocycles. The molecule has 4 N–H and O–H groups in total. The molecule has 0 aliphatic heterocycles. The Labute approximate surface area is 70.4 Å². The molecule has 0 amide bonds. The second-order valence-electron chi connectivity index (χ2n) is 2.24. The Bertz CT molecular complexity index is 239. The van der Waals surface area contributed by atoms with Crippen molar-refractivity contribution in [1.29, 1.82) is 0 Å². The van der Waals surface area contributed by atoms with E-state index in [-0.39, 0.29) is 6.04 Å². The average molecular weight is 172 g/mol. The highest BCUT2D eigenvalue weighted by Gasteiger charge is 2.03. The van der Waals surface area contributed by atoms with Crippen LogP contribution in [0.5, 0.6) is 0 Å². The van der Waals surface area contributed by atoms with E-state index in [9.17, 15) is 0 Å². The number of aromatic nitrogens is 1. The highest BCUT2D eigenvalue weighted by Crippen LogP contribution is 2.11. The summed E-state index contributed by atoms with van der Waals surface area (Å²) >= 11 is 5.71. The van der Waals surface area contributed by atoms with Crippen molar-refractivity contribution in [1.82, 2.24) is 4.98 Å². The third-order valence-electron chi connectivity index (χ3n) is 1.38. The highest BCUT2D eigenvalue weighted by molar-refractivity contribution is 6.30. The molecule has 0 saturated heterocycles. The second kappa shape index (κ2) is 3.67. The number of hydrogen-bond acceptors (Lipinski definition) is 3. The summed E-state index contributed by atoms with van der Waals surface area (Å²) < 4.78 is 0. The fourth-order valence-corrected chi connectivity index (χ4v) is 0.913. The van der Waals surface area contributed by atoms with Gasteiger partial charge in [0.2, 0.25) is 0 Å². The maximum atomic E-state index is 5.71. The first-order chi connectivity index (χ1) is 5.24. The van der Waals surface area contributed by atoms with E-state index in [0.717, 1.165) is 5.69 Å². The van der Waals surface area contributed by atoms with E-state index in [2.05, 4.69) is 4.98 Å². The summed E-state index contributed by atoms with van der Waals surface area (Å²) in [7, 11) is 0. The Balaban J connectivity index is 2.86. The van der Waals surface area contributed by atoms with E-state index >= 15 is 0 Å². The van der Waals surface area contributed by atoms with Gasteiger partial charge in [0.25, 0.3) is 0 Å². The molecule has 0 fully saturated rings. The van der Waals surface area contributed by atoms with E-state index in [0.29, 0.717) is 11.6 Å². The van der Waals surface area contributed by atoms with Gasteiger partial charge in [0.15, 0.2) is 0 Å². The zero-order chi connectivity index (χ0) is 8.27. The molecule has 1 rings (SSSR count). The molecule has 60 valence electrons. The summed E-state index contributed by atoms with van der Waals surface area (Å²) in [4.78, 5) is 4.02. The lowest BCUT2D eigenvalue weighted by molar-refractivity contribution is 0.711. The van der Waals surface area contributed by atoms with E-state index in [1.165, 1.54) is 0 Å². The lowest BCUT2D eigenvalue weighted by atomic mass is 10.2. The fourth-order valence-electron chi connectivity index (χ4n) is 0.745. The Morgan fingerprint density at radius 1 is 1.64 bits per heavy atom. The number of nitrogens with two attached hydrogens (primary N) is 2. The lowest BCUT2D eigenvalue weighted by Crippen LogP contribution is -2.21. The molecule has 0 aliphatic carbocycles. The molecule has 11 heavy (non-hydrogen) atoms. The number of pyridine rings is 1. The van der Waals surface area contributed by atoms with Crippen LogP contribution in [0.15, 0.2) is 18.3 Å². The average Bonchev–Trinajstić information content (AvgIpc) is 2.03. The predicted octanol–water partition coefficient (Wildman–Crippen LogP) is 0.694. The van der Waals surface area contributed by atoms with Gasteiger partial charge in [-0.2, -0.15) is 0 Å². The van der Waals surface area contributed by atoms with Crippen molar-refractivity contribution in [3.63, 3.8) is 0 Å². The van der Waals surface area contributed by atoms with Gasteiger partial charge in [-0.1, -0.05) is 11.6 Å². The van der Waals surface area contributed by atoms with Gasteiger partial charge in [0.1, 0.15) is 0 Å². The Hall–Kier alpha value is -0.640. The zero-order valence-corrected chi connectivity index (χ0v) is 6.75. The maximum Gasteiger partial charge on any atom is 0.0598 e. The van der Waals surface area contributed by atoms with E-state index in [4.69, 9.17) is 23.1 Å². The molecule has 0 radical (unpaired) electrons. The van der Waals surface area contributed by atoms with Gasteiger partial charge < -0.3 is 11.5 Å². The molecule has 1 unspecified atom stereocenters. The minimum atomic E-state index is -0.214. The Morgan fingerprint density at radius 2 is 2.36 bits per heavy atom. The normalized spacial score (nSPS) is 13.0. The van der Waals surface area contributed by atoms with Gasteiger partial charge in [0.05, 0.1) is 11.7 Å². The SMILES string of the molecule is NCC(N)c1cc(Cl)ccn1. The number of hydrogen-bond donors (Lipinski definition) is 2. The summed E-state index contributed by atoms with van der Waals surface area (Å²) in [5.41, 5.74) is 11.7. The molecule has 0 spiro atoms. The van der Waals surface area contributed by atoms with Gasteiger partial charge in [-0.05, 0) is 12.1 Å². The van der Waals surface area contributed by atoms with E-state index in [1.807, 2.05) is 0 Å². The van der Waals surface area contributed by atoms with Crippen LogP contribution in [0.1, 0.15) is 11.7 Å². The molecule has 1 aromatic rings. The van der Waals surface area contributed by atoms with Crippen LogP contribution in [0.4, 0.5) is 0 Å². The van der Waals surface area contributed by atoms with E-state index in [1.54, 1.807) is 18.3 Å². The van der Waals surface area contributed by atoms with Crippen LogP contribution in [-0.4, -0.2) is 11.5 Å². The monoisotopic (exact) mass is 171 g/mol. The molecular weight excluding hydrogens is 162 g/mol. The van der Waals surface area contributed by atoms with Gasteiger partial charge in [-0.15, -0.1) is 0 Å². The third kappa shape index (κ3) is 2.15. The molecule has 0 bridgehead atoms. The fraction of sp³-hybridized carbons (Fsp3) is 0.286. The first kappa shape index (κ1) is 8.46. The van der Waals surface area contributed by atoms with Gasteiger partial charge >= 0.3 is 0 Å². The largest absolute Gasteiger partial charge is 0.329 e. The van der Waals surface area contributed by atoms with Crippen molar-refractivity contribution < 1.29 is 0 Å². The summed E-state index contributed by atoms with van der Waals surface area (Å²) in [5, 5.41) is 0.638. The standard InChI is InChI=1S/C7H10ClN3/c8-5-1-2-11-7(3-5)6(10)4-9/h1-3,6H,4,9-10H2. The molecule has 4 heteroatoms. The van der Waals surface area contributed by atoms with Crippen LogP contribution in [0.3, 0.4) is 0 Å². The zero-order valence-electron chi connectivity index (χ0n) is 6.00. The van der Waals surface area contributed by atoms with Crippen molar-refractivity contribution in [3.8, 4) is 0 Å². The smallest absolute Gasteiger partial charge is 0.0598 e. The van der Waals surface area contributed by atoms with Crippen molar-refractivity contribution in [2.75, 3.05) is 6.54 Å². The summed E-state index contributed by atoms with van der Waals surface area (Å²) in [6.45, 7) is 0.382. The second-order valence-corrected chi connectivity index (χ2v) is 2.68. The van der Waals surface area contributed by atoms with Crippen LogP contribution in [0.25, 0.3) is 0 Å². The molecule has 0 aromatic carbocycles. The summed E-state index contributed by atoms with van der Waals surface area (Å²) in [6.07, 6.45) is 1.62. The topological polar surface area (TPSA) is 64.9 Å². The first-order valence-electron chi connectivity index (χ1n) is 3.31. The molecule has 1 atom stereocenters. The van der Waals surface area contributed by atoms with E-state index < -0.39 is 0 Å². The molecule has 0 aliphatic rings. The van der Waals surface area contributed by atoms with Gasteiger partial charge in [-0.3, -0.25) is 4.98 Å². The van der Waals surface area contributed by atoms with Crippen molar-refractivity contribution >= 4 is 11.6 Å². The molecular formula is C7H10ClN3. The lowest BCUT2D eigenvalue weighted by Gasteiger charge is -2.06. The van der Waals surface area contributed by atoms with Crippen molar-refractivity contribution in [2.24, 2.45) is 11.5 Å². The van der Waals surface area contributed by atoms with Crippen LogP contribution in [0, 0.1) is 0 Å². The van der Waals surface area contributed by atoms with Crippen LogP contribution < -0.4 is 11.5 Å². The predicted molar refractivity (Wildman–Crippen MR) is 45.2 cm³/mol. The number of nitrogens with zero attached hydrogens (tertiary/aromatic N) is 1. The van der Waals surface area contributed by atoms with Crippen LogP contribution in [-0.2, 0) is 0 Å². The van der Waals surface area contributed by atoms with Gasteiger partial charge in [-0.25, -0.2) is 0 Å². The molecule has 3 nitrogen and oxygen atoms in total. The minimum Gasteiger partial charge on any atom is -0.329 e. The van der Waals surface area contributed by atoms with Crippen LogP contribution >= 0.6 is 11.6 Å². The summed E-state index contributed by atoms with van der Waals surface area (Å²) in [6, 6.07) is 3.21. The summed E-state index contributed by atoms with van der Waals surface area (Å²) in [5.74, 6) is 0. The Morgan fingerprint density at radius 3 is 2.91 bits per heavy atom. The molecule has 1 aromatic heterocycles. The van der Waals surface area contributed by atoms with Crippen LogP contribution in [0.2, 0.25) is 5.02 Å². The minimum absolute atomic E-state index is 0.214. The maximum absolute atomic E-state index is 5.71. The Kier molecular flexibility index (Phi) is 2.82. The quantitative estimate of drug-likeness (QED) is 0.689. The van der Waals surface area contributed by atoms with Gasteiger partial charge in [0, 0.05) is 17.8 Å². The number of halogens is 1.